The van der Waals surface area contributed by atoms with Crippen LogP contribution in [0.25, 0.3) is 0 Å². The predicted octanol–water partition coefficient (Wildman–Crippen LogP) is 0.999. The Bertz CT molecular complexity index is 648. The molecule has 1 aromatic rings. The Kier molecular flexibility index (Phi) is 4.75. The number of para-hydroxylation sites is 1. The van der Waals surface area contributed by atoms with Crippen molar-refractivity contribution in [3.05, 3.63) is 30.3 Å². The van der Waals surface area contributed by atoms with Crippen molar-refractivity contribution in [3.8, 4) is 0 Å². The van der Waals surface area contributed by atoms with Gasteiger partial charge in [-0.15, -0.1) is 0 Å². The smallest absolute Gasteiger partial charge is 0.315 e. The fourth-order valence-electron chi connectivity index (χ4n) is 3.25. The van der Waals surface area contributed by atoms with E-state index >= 15 is 0 Å². The minimum Gasteiger partial charge on any atom is -0.371 e. The van der Waals surface area contributed by atoms with E-state index in [9.17, 15) is 13.2 Å². The molecular formula is C16H23N3O3S. The Morgan fingerprint density at radius 2 is 2.00 bits per heavy atom. The molecule has 2 atom stereocenters. The largest absolute Gasteiger partial charge is 0.371 e. The number of carbonyl (C=O) groups excluding carboxylic acids is 1. The molecule has 2 saturated heterocycles. The molecule has 0 spiro atoms. The Morgan fingerprint density at radius 1 is 1.22 bits per heavy atom. The summed E-state index contributed by atoms with van der Waals surface area (Å²) in [7, 11) is -2.96. The number of carbonyl (C=O) groups is 1. The van der Waals surface area contributed by atoms with Gasteiger partial charge in [-0.3, -0.25) is 0 Å². The van der Waals surface area contributed by atoms with Crippen LogP contribution in [0.5, 0.6) is 0 Å². The van der Waals surface area contributed by atoms with E-state index < -0.39 is 9.84 Å². The summed E-state index contributed by atoms with van der Waals surface area (Å²) in [5.74, 6) is 0.659. The summed E-state index contributed by atoms with van der Waals surface area (Å²) in [6, 6.07) is 9.77. The number of anilines is 1. The summed E-state index contributed by atoms with van der Waals surface area (Å²) < 4.78 is 22.8. The number of nitrogens with zero attached hydrogens (tertiary/aromatic N) is 1. The predicted molar refractivity (Wildman–Crippen MR) is 90.4 cm³/mol. The first kappa shape index (κ1) is 16.1. The van der Waals surface area contributed by atoms with Gasteiger partial charge in [0.15, 0.2) is 9.84 Å². The van der Waals surface area contributed by atoms with Crippen molar-refractivity contribution >= 4 is 21.6 Å². The van der Waals surface area contributed by atoms with E-state index in [1.165, 1.54) is 5.69 Å². The van der Waals surface area contributed by atoms with Gasteiger partial charge in [-0.25, -0.2) is 13.2 Å². The first-order chi connectivity index (χ1) is 11.0. The van der Waals surface area contributed by atoms with Crippen LogP contribution in [0, 0.1) is 5.92 Å². The van der Waals surface area contributed by atoms with Crippen LogP contribution in [-0.2, 0) is 9.84 Å². The number of rotatable bonds is 4. The highest BCUT2D eigenvalue weighted by Crippen LogP contribution is 2.22. The quantitative estimate of drug-likeness (QED) is 0.859. The molecule has 126 valence electrons. The molecule has 2 heterocycles. The van der Waals surface area contributed by atoms with Gasteiger partial charge >= 0.3 is 6.03 Å². The molecule has 1 aromatic carbocycles. The Hall–Kier alpha value is -1.76. The number of benzene rings is 1. The second-order valence-electron chi connectivity index (χ2n) is 6.39. The average Bonchev–Trinajstić information content (AvgIpc) is 3.13. The average molecular weight is 337 g/mol. The monoisotopic (exact) mass is 337 g/mol. The van der Waals surface area contributed by atoms with Crippen LogP contribution in [-0.4, -0.2) is 51.6 Å². The molecule has 2 fully saturated rings. The van der Waals surface area contributed by atoms with E-state index in [0.717, 1.165) is 19.5 Å². The molecule has 0 radical (unpaired) electrons. The summed E-state index contributed by atoms with van der Waals surface area (Å²) in [4.78, 5) is 14.2. The third kappa shape index (κ3) is 4.37. The van der Waals surface area contributed by atoms with E-state index in [2.05, 4.69) is 27.7 Å². The van der Waals surface area contributed by atoms with Crippen LogP contribution in [0.2, 0.25) is 0 Å². The molecule has 2 aliphatic rings. The van der Waals surface area contributed by atoms with Gasteiger partial charge in [0, 0.05) is 31.4 Å². The summed E-state index contributed by atoms with van der Waals surface area (Å²) in [6.45, 7) is 2.55. The molecule has 0 saturated carbocycles. The lowest BCUT2D eigenvalue weighted by Gasteiger charge is -2.19. The van der Waals surface area contributed by atoms with Crippen molar-refractivity contribution in [2.45, 2.75) is 18.9 Å². The zero-order valence-corrected chi connectivity index (χ0v) is 13.9. The fourth-order valence-corrected chi connectivity index (χ4v) is 4.93. The van der Waals surface area contributed by atoms with Gasteiger partial charge in [-0.2, -0.15) is 0 Å². The van der Waals surface area contributed by atoms with Crippen LogP contribution >= 0.6 is 0 Å². The van der Waals surface area contributed by atoms with Crippen LogP contribution in [0.4, 0.5) is 10.5 Å². The highest BCUT2D eigenvalue weighted by atomic mass is 32.2. The molecular weight excluding hydrogens is 314 g/mol. The first-order valence-corrected chi connectivity index (χ1v) is 9.89. The van der Waals surface area contributed by atoms with E-state index in [4.69, 9.17) is 0 Å². The number of amides is 2. The van der Waals surface area contributed by atoms with Crippen molar-refractivity contribution in [3.63, 3.8) is 0 Å². The normalized spacial score (nSPS) is 26.2. The van der Waals surface area contributed by atoms with Crippen molar-refractivity contribution in [2.75, 3.05) is 36.0 Å². The van der Waals surface area contributed by atoms with E-state index in [-0.39, 0.29) is 23.6 Å². The molecule has 23 heavy (non-hydrogen) atoms. The molecule has 2 amide bonds. The Balaban J connectivity index is 1.40. The highest BCUT2D eigenvalue weighted by Gasteiger charge is 2.29. The van der Waals surface area contributed by atoms with Gasteiger partial charge in [-0.1, -0.05) is 18.2 Å². The number of nitrogens with one attached hydrogen (secondary N) is 2. The fraction of sp³-hybridized carbons (Fsp3) is 0.562. The lowest BCUT2D eigenvalue weighted by atomic mass is 10.1. The minimum absolute atomic E-state index is 0.0611. The molecule has 0 bridgehead atoms. The molecule has 3 rings (SSSR count). The van der Waals surface area contributed by atoms with Crippen molar-refractivity contribution in [1.82, 2.24) is 10.6 Å². The molecule has 6 nitrogen and oxygen atoms in total. The number of hydrogen-bond donors (Lipinski definition) is 2. The van der Waals surface area contributed by atoms with E-state index in [1.807, 2.05) is 18.2 Å². The van der Waals surface area contributed by atoms with E-state index in [0.29, 0.717) is 18.9 Å². The number of urea groups is 1. The minimum atomic E-state index is -2.96. The van der Waals surface area contributed by atoms with Gasteiger partial charge in [0.25, 0.3) is 0 Å². The maximum atomic E-state index is 11.9. The summed E-state index contributed by atoms with van der Waals surface area (Å²) in [5.41, 5.74) is 1.22. The van der Waals surface area contributed by atoms with Gasteiger partial charge in [0.2, 0.25) is 0 Å². The van der Waals surface area contributed by atoms with Crippen LogP contribution in [0.3, 0.4) is 0 Å². The number of sulfone groups is 1. The highest BCUT2D eigenvalue weighted by molar-refractivity contribution is 7.91. The number of hydrogen-bond acceptors (Lipinski definition) is 4. The second kappa shape index (κ2) is 6.78. The zero-order chi connectivity index (χ0) is 16.3. The molecule has 2 N–H and O–H groups in total. The van der Waals surface area contributed by atoms with Crippen molar-refractivity contribution < 1.29 is 13.2 Å². The molecule has 7 heteroatoms. The van der Waals surface area contributed by atoms with E-state index in [1.54, 1.807) is 0 Å². The second-order valence-corrected chi connectivity index (χ2v) is 8.62. The Morgan fingerprint density at radius 3 is 2.70 bits per heavy atom. The third-order valence-corrected chi connectivity index (χ3v) is 6.29. The SMILES string of the molecule is O=C(NCC1CCN(c2ccccc2)C1)NC1CCS(=O)(=O)C1. The van der Waals surface area contributed by atoms with Gasteiger partial charge < -0.3 is 15.5 Å². The van der Waals surface area contributed by atoms with Crippen LogP contribution < -0.4 is 15.5 Å². The third-order valence-electron chi connectivity index (χ3n) is 4.53. The maximum absolute atomic E-state index is 11.9. The molecule has 0 aliphatic carbocycles. The van der Waals surface area contributed by atoms with Crippen molar-refractivity contribution in [2.24, 2.45) is 5.92 Å². The first-order valence-electron chi connectivity index (χ1n) is 8.07. The van der Waals surface area contributed by atoms with Gasteiger partial charge in [-0.05, 0) is 30.9 Å². The molecule has 2 aliphatic heterocycles. The summed E-state index contributed by atoms with van der Waals surface area (Å²) >= 11 is 0. The molecule has 0 aromatic heterocycles. The summed E-state index contributed by atoms with van der Waals surface area (Å²) in [5, 5.41) is 5.64. The molecule has 2 unspecified atom stereocenters. The Labute approximate surface area is 137 Å². The topological polar surface area (TPSA) is 78.5 Å². The van der Waals surface area contributed by atoms with Crippen LogP contribution in [0.15, 0.2) is 30.3 Å². The van der Waals surface area contributed by atoms with Crippen LogP contribution in [0.1, 0.15) is 12.8 Å². The zero-order valence-electron chi connectivity index (χ0n) is 13.1. The van der Waals surface area contributed by atoms with Gasteiger partial charge in [0.05, 0.1) is 11.5 Å². The lowest BCUT2D eigenvalue weighted by Crippen LogP contribution is -2.44. The lowest BCUT2D eigenvalue weighted by molar-refractivity contribution is 0.236. The summed E-state index contributed by atoms with van der Waals surface area (Å²) in [6.07, 6.45) is 1.56. The maximum Gasteiger partial charge on any atom is 0.315 e. The standard InChI is InChI=1S/C16H23N3O3S/c20-16(18-14-7-9-23(21,22)12-14)17-10-13-6-8-19(11-13)15-4-2-1-3-5-15/h1-5,13-14H,6-12H2,(H2,17,18,20). The van der Waals surface area contributed by atoms with Crippen molar-refractivity contribution in [1.29, 1.82) is 0 Å². The van der Waals surface area contributed by atoms with Gasteiger partial charge in [0.1, 0.15) is 0 Å².